The Hall–Kier alpha value is -8.22. The van der Waals surface area contributed by atoms with E-state index in [1.54, 1.807) is 6.08 Å². The van der Waals surface area contributed by atoms with E-state index in [9.17, 15) is 0 Å². The fourth-order valence-electron chi connectivity index (χ4n) is 7.18. The Morgan fingerprint density at radius 1 is 0.581 bits per heavy atom. The van der Waals surface area contributed by atoms with Crippen LogP contribution >= 0.6 is 0 Å². The quantitative estimate of drug-likeness (QED) is 0.0962. The van der Waals surface area contributed by atoms with Crippen molar-refractivity contribution in [2.75, 3.05) is 9.80 Å². The van der Waals surface area contributed by atoms with Gasteiger partial charge in [0.2, 0.25) is 11.8 Å². The maximum absolute atomic E-state index is 6.04. The molecular weight excluding hydrogens is 761 g/mol. The van der Waals surface area contributed by atoms with Crippen LogP contribution in [0.1, 0.15) is 19.4 Å². The number of rotatable bonds is 15. The molecule has 0 aliphatic rings. The van der Waals surface area contributed by atoms with Crippen molar-refractivity contribution in [2.45, 2.75) is 13.8 Å². The Balaban J connectivity index is 1.02. The second-order valence-corrected chi connectivity index (χ2v) is 14.5. The van der Waals surface area contributed by atoms with Gasteiger partial charge in [-0.3, -0.25) is 0 Å². The van der Waals surface area contributed by atoms with E-state index in [0.717, 1.165) is 84.0 Å². The SMILES string of the molecule is C=C/C=C\C(=C)N(/C=C/C=C(\C=C)c1cccc(-c2ccc(N(/C(C)=C/C=C\C)c3ccc(-c4nc5ccccc5o4)cc3)cc2)c1)c1ccc(-c2nc3ccccc3o2)cc1. The molecule has 0 saturated heterocycles. The van der Waals surface area contributed by atoms with Gasteiger partial charge in [-0.15, -0.1) is 0 Å². The van der Waals surface area contributed by atoms with Crippen LogP contribution in [0.4, 0.5) is 17.1 Å². The number of para-hydroxylation sites is 4. The van der Waals surface area contributed by atoms with E-state index >= 15 is 0 Å². The number of nitrogens with zero attached hydrogens (tertiary/aromatic N) is 4. The number of anilines is 3. The summed E-state index contributed by atoms with van der Waals surface area (Å²) in [6, 6.07) is 49.2. The summed E-state index contributed by atoms with van der Waals surface area (Å²) < 4.78 is 12.0. The van der Waals surface area contributed by atoms with Crippen molar-refractivity contribution in [3.63, 3.8) is 0 Å². The fraction of sp³-hybridized carbons (Fsp3) is 0.0357. The number of allylic oxidation sites excluding steroid dienone is 11. The van der Waals surface area contributed by atoms with Gasteiger partial charge in [0.05, 0.1) is 0 Å². The zero-order valence-electron chi connectivity index (χ0n) is 34.9. The fourth-order valence-corrected chi connectivity index (χ4v) is 7.18. The third-order valence-corrected chi connectivity index (χ3v) is 10.4. The molecule has 0 radical (unpaired) electrons. The topological polar surface area (TPSA) is 58.5 Å². The highest BCUT2D eigenvalue weighted by Crippen LogP contribution is 2.35. The van der Waals surface area contributed by atoms with Crippen LogP contribution in [0.3, 0.4) is 0 Å². The van der Waals surface area contributed by atoms with Gasteiger partial charge in [0.15, 0.2) is 11.2 Å². The lowest BCUT2D eigenvalue weighted by atomic mass is 9.98. The van der Waals surface area contributed by atoms with Crippen molar-refractivity contribution in [2.24, 2.45) is 0 Å². The first-order chi connectivity index (χ1) is 30.4. The van der Waals surface area contributed by atoms with Crippen molar-refractivity contribution >= 4 is 44.8 Å². The molecule has 0 bridgehead atoms. The van der Waals surface area contributed by atoms with Gasteiger partial charge in [-0.2, -0.15) is 0 Å². The average molecular weight is 807 g/mol. The largest absolute Gasteiger partial charge is 0.436 e. The van der Waals surface area contributed by atoms with Crippen LogP contribution in [0.15, 0.2) is 246 Å². The molecule has 0 unspecified atom stereocenters. The zero-order chi connectivity index (χ0) is 42.8. The second-order valence-electron chi connectivity index (χ2n) is 14.5. The number of hydrogen-bond donors (Lipinski definition) is 0. The van der Waals surface area contributed by atoms with Crippen LogP contribution in [-0.4, -0.2) is 9.97 Å². The van der Waals surface area contributed by atoms with E-state index in [1.807, 2.05) is 121 Å². The summed E-state index contributed by atoms with van der Waals surface area (Å²) in [6.45, 7) is 16.5. The predicted octanol–water partition coefficient (Wildman–Crippen LogP) is 15.4. The second kappa shape index (κ2) is 18.8. The Morgan fingerprint density at radius 2 is 1.15 bits per heavy atom. The molecule has 0 saturated carbocycles. The van der Waals surface area contributed by atoms with Gasteiger partial charge < -0.3 is 18.6 Å². The Kier molecular flexibility index (Phi) is 12.3. The first-order valence-corrected chi connectivity index (χ1v) is 20.4. The Labute approximate surface area is 363 Å². The summed E-state index contributed by atoms with van der Waals surface area (Å²) in [6.07, 6.45) is 19.7. The third-order valence-electron chi connectivity index (χ3n) is 10.4. The Bertz CT molecular complexity index is 2960. The normalized spacial score (nSPS) is 12.2. The van der Waals surface area contributed by atoms with E-state index in [-0.39, 0.29) is 0 Å². The predicted molar refractivity (Wildman–Crippen MR) is 260 cm³/mol. The summed E-state index contributed by atoms with van der Waals surface area (Å²) in [5.41, 5.74) is 14.1. The van der Waals surface area contributed by atoms with Gasteiger partial charge in [-0.25, -0.2) is 9.97 Å². The summed E-state index contributed by atoms with van der Waals surface area (Å²) in [5, 5.41) is 0. The lowest BCUT2D eigenvalue weighted by Gasteiger charge is -2.26. The van der Waals surface area contributed by atoms with Crippen molar-refractivity contribution < 1.29 is 8.83 Å². The lowest BCUT2D eigenvalue weighted by molar-refractivity contribution is 0.619. The van der Waals surface area contributed by atoms with Crippen LogP contribution < -0.4 is 9.80 Å². The molecule has 8 aromatic rings. The van der Waals surface area contributed by atoms with Crippen molar-refractivity contribution in [3.05, 3.63) is 243 Å². The van der Waals surface area contributed by atoms with Crippen molar-refractivity contribution in [1.29, 1.82) is 0 Å². The Morgan fingerprint density at radius 3 is 1.69 bits per heavy atom. The monoisotopic (exact) mass is 806 g/mol. The summed E-state index contributed by atoms with van der Waals surface area (Å²) in [7, 11) is 0. The molecule has 6 heteroatoms. The molecule has 2 heterocycles. The third kappa shape index (κ3) is 9.00. The molecule has 302 valence electrons. The molecule has 0 N–H and O–H groups in total. The van der Waals surface area contributed by atoms with Crippen molar-refractivity contribution in [1.82, 2.24) is 9.97 Å². The minimum Gasteiger partial charge on any atom is -0.436 e. The number of hydrogen-bond acceptors (Lipinski definition) is 6. The van der Waals surface area contributed by atoms with Crippen LogP contribution in [0.2, 0.25) is 0 Å². The number of oxazole rings is 2. The maximum atomic E-state index is 6.04. The van der Waals surface area contributed by atoms with Gasteiger partial charge in [0.1, 0.15) is 11.0 Å². The number of aromatic nitrogens is 2. The van der Waals surface area contributed by atoms with Gasteiger partial charge >= 0.3 is 0 Å². The summed E-state index contributed by atoms with van der Waals surface area (Å²) in [4.78, 5) is 13.6. The lowest BCUT2D eigenvalue weighted by Crippen LogP contribution is -2.14. The number of benzene rings is 6. The molecular formula is C56H46N4O2. The van der Waals surface area contributed by atoms with Crippen LogP contribution in [-0.2, 0) is 0 Å². The van der Waals surface area contributed by atoms with Gasteiger partial charge in [-0.1, -0.05) is 111 Å². The van der Waals surface area contributed by atoms with Crippen LogP contribution in [0, 0.1) is 0 Å². The standard InChI is InChI=1S/C56H46N4O2/c1-6-9-17-40(4)59(48-32-28-44(29-33-48)55-57-51-22-11-13-24-53(51)61-55)38-16-21-42(8-3)46-19-15-20-47(39-46)43-26-34-49(35-27-43)60(41(5)18-10-7-2)50-36-30-45(31-37-50)56-58-52-23-12-14-25-54(52)62-56/h6-39H,1,3-4H2,2,5H3/b10-7-,17-9-,38-16+,41-18+,42-21+. The molecule has 6 aromatic carbocycles. The highest BCUT2D eigenvalue weighted by molar-refractivity contribution is 5.81. The number of fused-ring (bicyclic) bond motifs is 2. The highest BCUT2D eigenvalue weighted by atomic mass is 16.4. The van der Waals surface area contributed by atoms with Crippen molar-refractivity contribution in [3.8, 4) is 34.0 Å². The van der Waals surface area contributed by atoms with E-state index < -0.39 is 0 Å². The molecule has 0 aliphatic carbocycles. The van der Waals surface area contributed by atoms with E-state index in [0.29, 0.717) is 11.8 Å². The average Bonchev–Trinajstić information content (AvgIpc) is 3.96. The smallest absolute Gasteiger partial charge is 0.227 e. The minimum absolute atomic E-state index is 0.580. The molecule has 2 aromatic heterocycles. The molecule has 8 rings (SSSR count). The molecule has 0 aliphatic heterocycles. The zero-order valence-corrected chi connectivity index (χ0v) is 34.9. The minimum atomic E-state index is 0.580. The first kappa shape index (κ1) is 40.6. The van der Waals surface area contributed by atoms with Gasteiger partial charge in [0, 0.05) is 45.8 Å². The van der Waals surface area contributed by atoms with E-state index in [4.69, 9.17) is 8.83 Å². The van der Waals surface area contributed by atoms with E-state index in [2.05, 4.69) is 133 Å². The van der Waals surface area contributed by atoms with Crippen LogP contribution in [0.5, 0.6) is 0 Å². The molecule has 0 fully saturated rings. The van der Waals surface area contributed by atoms with Crippen LogP contribution in [0.25, 0.3) is 61.8 Å². The first-order valence-electron chi connectivity index (χ1n) is 20.4. The summed E-state index contributed by atoms with van der Waals surface area (Å²) in [5.74, 6) is 1.18. The summed E-state index contributed by atoms with van der Waals surface area (Å²) >= 11 is 0. The van der Waals surface area contributed by atoms with Gasteiger partial charge in [0.25, 0.3) is 0 Å². The maximum Gasteiger partial charge on any atom is 0.227 e. The molecule has 0 atom stereocenters. The van der Waals surface area contributed by atoms with Gasteiger partial charge in [-0.05, 0) is 145 Å². The molecule has 0 amide bonds. The molecule has 0 spiro atoms. The molecule has 62 heavy (non-hydrogen) atoms. The molecule has 6 nitrogen and oxygen atoms in total. The van der Waals surface area contributed by atoms with E-state index in [1.165, 1.54) is 0 Å². The highest BCUT2D eigenvalue weighted by Gasteiger charge is 2.15.